The molecular weight excluding hydrogens is 300 g/mol. The minimum Gasteiger partial charge on any atom is -0.479 e. The van der Waals surface area contributed by atoms with Crippen LogP contribution in [-0.4, -0.2) is 28.4 Å². The molecule has 0 saturated heterocycles. The second kappa shape index (κ2) is 5.14. The van der Waals surface area contributed by atoms with E-state index in [0.717, 1.165) is 10.0 Å². The van der Waals surface area contributed by atoms with Crippen molar-refractivity contribution in [3.8, 4) is 17.1 Å². The number of carbonyl (C=O) groups is 1. The number of hydrogen-bond donors (Lipinski definition) is 1. The fourth-order valence-corrected chi connectivity index (χ4v) is 1.97. The van der Waals surface area contributed by atoms with Crippen LogP contribution in [-0.2, 0) is 0 Å². The van der Waals surface area contributed by atoms with Crippen LogP contribution < -0.4 is 4.74 Å². The number of hydrogen-bond acceptors (Lipinski definition) is 4. The lowest BCUT2D eigenvalue weighted by Gasteiger charge is -2.06. The average Bonchev–Trinajstić information content (AvgIpc) is 2.38. The molecule has 0 bridgehead atoms. The van der Waals surface area contributed by atoms with Crippen LogP contribution in [0.5, 0.6) is 5.88 Å². The number of aromatic nitrogens is 2. The summed E-state index contributed by atoms with van der Waals surface area (Å²) in [7, 11) is 1.36. The molecule has 5 nitrogen and oxygen atoms in total. The molecule has 0 spiro atoms. The van der Waals surface area contributed by atoms with Crippen LogP contribution in [0.25, 0.3) is 11.3 Å². The van der Waals surface area contributed by atoms with Crippen LogP contribution in [0.2, 0.25) is 0 Å². The number of ether oxygens (including phenoxy) is 1. The molecule has 1 aromatic carbocycles. The number of aromatic carboxylic acids is 1. The summed E-state index contributed by atoms with van der Waals surface area (Å²) in [5.41, 5.74) is 1.23. The van der Waals surface area contributed by atoms with Crippen molar-refractivity contribution >= 4 is 21.9 Å². The van der Waals surface area contributed by atoms with Gasteiger partial charge in [-0.05, 0) is 12.1 Å². The summed E-state index contributed by atoms with van der Waals surface area (Å²) >= 11 is 3.38. The Kier molecular flexibility index (Phi) is 3.57. The average molecular weight is 309 g/mol. The molecule has 0 saturated carbocycles. The molecular formula is C12H9BrN2O3. The van der Waals surface area contributed by atoms with Crippen molar-refractivity contribution in [3.05, 3.63) is 40.4 Å². The van der Waals surface area contributed by atoms with Gasteiger partial charge in [-0.15, -0.1) is 10.2 Å². The predicted molar refractivity (Wildman–Crippen MR) is 68.7 cm³/mol. The molecule has 2 rings (SSSR count). The van der Waals surface area contributed by atoms with Crippen LogP contribution in [0.3, 0.4) is 0 Å². The first-order valence-electron chi connectivity index (χ1n) is 5.03. The maximum absolute atomic E-state index is 11.1. The second-order valence-corrected chi connectivity index (χ2v) is 4.29. The van der Waals surface area contributed by atoms with E-state index in [1.807, 2.05) is 24.3 Å². The van der Waals surface area contributed by atoms with E-state index in [0.29, 0.717) is 5.69 Å². The number of halogens is 1. The first kappa shape index (κ1) is 12.5. The number of carboxylic acid groups (broad SMARTS) is 1. The Morgan fingerprint density at radius 2 is 2.06 bits per heavy atom. The van der Waals surface area contributed by atoms with E-state index in [2.05, 4.69) is 26.1 Å². The van der Waals surface area contributed by atoms with Gasteiger partial charge < -0.3 is 9.84 Å². The van der Waals surface area contributed by atoms with Gasteiger partial charge in [-0.25, -0.2) is 4.79 Å². The standard InChI is InChI=1S/C12H9BrN2O3/c1-18-11-8(12(16)17)6-10(14-15-11)7-4-2-3-5-9(7)13/h2-6H,1H3,(H,16,17). The van der Waals surface area contributed by atoms with Crippen molar-refractivity contribution in [3.63, 3.8) is 0 Å². The monoisotopic (exact) mass is 308 g/mol. The van der Waals surface area contributed by atoms with E-state index in [4.69, 9.17) is 9.84 Å². The zero-order chi connectivity index (χ0) is 13.1. The highest BCUT2D eigenvalue weighted by Crippen LogP contribution is 2.28. The van der Waals surface area contributed by atoms with Gasteiger partial charge in [0.25, 0.3) is 0 Å². The van der Waals surface area contributed by atoms with Gasteiger partial charge in [0.1, 0.15) is 5.56 Å². The minimum absolute atomic E-state index is 0.00157. The van der Waals surface area contributed by atoms with Gasteiger partial charge in [0.2, 0.25) is 5.88 Å². The third kappa shape index (κ3) is 2.33. The normalized spacial score (nSPS) is 10.1. The van der Waals surface area contributed by atoms with Crippen LogP contribution in [0.1, 0.15) is 10.4 Å². The largest absolute Gasteiger partial charge is 0.479 e. The van der Waals surface area contributed by atoms with Crippen LogP contribution in [0.4, 0.5) is 0 Å². The first-order valence-corrected chi connectivity index (χ1v) is 5.82. The summed E-state index contributed by atoms with van der Waals surface area (Å²) in [6.45, 7) is 0. The Morgan fingerprint density at radius 1 is 1.33 bits per heavy atom. The lowest BCUT2D eigenvalue weighted by atomic mass is 10.1. The number of methoxy groups -OCH3 is 1. The summed E-state index contributed by atoms with van der Waals surface area (Å²) < 4.78 is 5.68. The Labute approximate surface area is 112 Å². The fourth-order valence-electron chi connectivity index (χ4n) is 1.49. The van der Waals surface area contributed by atoms with Gasteiger partial charge in [-0.3, -0.25) is 0 Å². The molecule has 0 aliphatic heterocycles. The summed E-state index contributed by atoms with van der Waals surface area (Å²) in [5, 5.41) is 16.8. The molecule has 0 radical (unpaired) electrons. The van der Waals surface area contributed by atoms with E-state index in [-0.39, 0.29) is 11.4 Å². The summed E-state index contributed by atoms with van der Waals surface area (Å²) in [4.78, 5) is 11.1. The van der Waals surface area contributed by atoms with Crippen LogP contribution in [0.15, 0.2) is 34.8 Å². The Balaban J connectivity index is 2.57. The van der Waals surface area contributed by atoms with Gasteiger partial charge >= 0.3 is 5.97 Å². The molecule has 0 atom stereocenters. The minimum atomic E-state index is -1.10. The van der Waals surface area contributed by atoms with Crippen molar-refractivity contribution in [1.82, 2.24) is 10.2 Å². The number of benzene rings is 1. The molecule has 92 valence electrons. The zero-order valence-electron chi connectivity index (χ0n) is 9.42. The van der Waals surface area contributed by atoms with Crippen molar-refractivity contribution in [2.75, 3.05) is 7.11 Å². The molecule has 0 unspecified atom stereocenters. The van der Waals surface area contributed by atoms with Crippen LogP contribution >= 0.6 is 15.9 Å². The third-order valence-corrected chi connectivity index (χ3v) is 3.03. The molecule has 6 heteroatoms. The topological polar surface area (TPSA) is 72.3 Å². The van der Waals surface area contributed by atoms with E-state index in [1.54, 1.807) is 0 Å². The smallest absolute Gasteiger partial charge is 0.341 e. The molecule has 0 fully saturated rings. The Hall–Kier alpha value is -1.95. The maximum atomic E-state index is 11.1. The molecule has 1 aromatic heterocycles. The van der Waals surface area contributed by atoms with Gasteiger partial charge in [0, 0.05) is 10.0 Å². The Morgan fingerprint density at radius 3 is 2.67 bits per heavy atom. The highest BCUT2D eigenvalue weighted by Gasteiger charge is 2.16. The maximum Gasteiger partial charge on any atom is 0.341 e. The second-order valence-electron chi connectivity index (χ2n) is 3.44. The molecule has 0 aliphatic carbocycles. The molecule has 18 heavy (non-hydrogen) atoms. The molecule has 1 heterocycles. The van der Waals surface area contributed by atoms with Crippen LogP contribution in [0, 0.1) is 0 Å². The van der Waals surface area contributed by atoms with Gasteiger partial charge in [0.15, 0.2) is 0 Å². The number of carboxylic acids is 1. The Bertz CT molecular complexity index is 602. The van der Waals surface area contributed by atoms with Crippen molar-refractivity contribution < 1.29 is 14.6 Å². The SMILES string of the molecule is COc1nnc(-c2ccccc2Br)cc1C(=O)O. The summed E-state index contributed by atoms with van der Waals surface area (Å²) in [5.74, 6) is -1.10. The first-order chi connectivity index (χ1) is 8.63. The highest BCUT2D eigenvalue weighted by molar-refractivity contribution is 9.10. The van der Waals surface area contributed by atoms with Gasteiger partial charge in [-0.1, -0.05) is 34.1 Å². The van der Waals surface area contributed by atoms with E-state index >= 15 is 0 Å². The van der Waals surface area contributed by atoms with Gasteiger partial charge in [0.05, 0.1) is 12.8 Å². The zero-order valence-corrected chi connectivity index (χ0v) is 11.0. The van der Waals surface area contributed by atoms with E-state index in [1.165, 1.54) is 13.2 Å². The van der Waals surface area contributed by atoms with Crippen molar-refractivity contribution in [2.24, 2.45) is 0 Å². The molecule has 0 aliphatic rings. The highest BCUT2D eigenvalue weighted by atomic mass is 79.9. The van der Waals surface area contributed by atoms with E-state index in [9.17, 15) is 4.79 Å². The number of rotatable bonds is 3. The molecule has 1 N–H and O–H groups in total. The number of nitrogens with zero attached hydrogens (tertiary/aromatic N) is 2. The summed E-state index contributed by atoms with van der Waals surface area (Å²) in [6.07, 6.45) is 0. The lowest BCUT2D eigenvalue weighted by molar-refractivity contribution is 0.0692. The molecule has 2 aromatic rings. The van der Waals surface area contributed by atoms with Crippen molar-refractivity contribution in [1.29, 1.82) is 0 Å². The predicted octanol–water partition coefficient (Wildman–Crippen LogP) is 2.61. The quantitative estimate of drug-likeness (QED) is 0.943. The van der Waals surface area contributed by atoms with E-state index < -0.39 is 5.97 Å². The molecule has 0 amide bonds. The van der Waals surface area contributed by atoms with Crippen molar-refractivity contribution in [2.45, 2.75) is 0 Å². The third-order valence-electron chi connectivity index (χ3n) is 2.33. The van der Waals surface area contributed by atoms with Gasteiger partial charge in [-0.2, -0.15) is 0 Å². The lowest BCUT2D eigenvalue weighted by Crippen LogP contribution is -2.04. The fraction of sp³-hybridized carbons (Fsp3) is 0.0833. The summed E-state index contributed by atoms with van der Waals surface area (Å²) in [6, 6.07) is 8.82.